The molecule has 2 bridgehead atoms. The average Bonchev–Trinajstić information content (AvgIpc) is 2.48. The van der Waals surface area contributed by atoms with Crippen molar-refractivity contribution in [2.45, 2.75) is 53.4 Å². The third-order valence-corrected chi connectivity index (χ3v) is 4.91. The van der Waals surface area contributed by atoms with Gasteiger partial charge in [0.15, 0.2) is 0 Å². The van der Waals surface area contributed by atoms with E-state index in [1.807, 2.05) is 0 Å². The van der Waals surface area contributed by atoms with Gasteiger partial charge in [-0.3, -0.25) is 0 Å². The predicted molar refractivity (Wildman–Crippen MR) is 57.6 cm³/mol. The Morgan fingerprint density at radius 2 is 2.00 bits per heavy atom. The minimum atomic E-state index is 0.664. The van der Waals surface area contributed by atoms with Crippen LogP contribution in [0.25, 0.3) is 0 Å². The molecule has 0 heterocycles. The van der Waals surface area contributed by atoms with Gasteiger partial charge in [0.05, 0.1) is 0 Å². The van der Waals surface area contributed by atoms with Gasteiger partial charge in [-0.15, -0.1) is 0 Å². The molecule has 0 aromatic carbocycles. The van der Waals surface area contributed by atoms with Crippen LogP contribution in [0, 0.1) is 29.1 Å². The molecule has 76 valence electrons. The van der Waals surface area contributed by atoms with Crippen molar-refractivity contribution in [3.8, 4) is 0 Å². The van der Waals surface area contributed by atoms with Gasteiger partial charge in [0.25, 0.3) is 0 Å². The summed E-state index contributed by atoms with van der Waals surface area (Å²) in [6, 6.07) is 0. The maximum absolute atomic E-state index is 2.50. The van der Waals surface area contributed by atoms with Gasteiger partial charge in [-0.1, -0.05) is 40.5 Å². The average molecular weight is 180 g/mol. The second-order valence-corrected chi connectivity index (χ2v) is 6.11. The van der Waals surface area contributed by atoms with Crippen LogP contribution in [0.4, 0.5) is 0 Å². The number of hydrogen-bond donors (Lipinski definition) is 0. The molecule has 0 saturated heterocycles. The number of hydrogen-bond acceptors (Lipinski definition) is 0. The van der Waals surface area contributed by atoms with Crippen molar-refractivity contribution >= 4 is 0 Å². The lowest BCUT2D eigenvalue weighted by Crippen LogP contribution is -2.32. The predicted octanol–water partition coefficient (Wildman–Crippen LogP) is 4.10. The van der Waals surface area contributed by atoms with Gasteiger partial charge in [-0.2, -0.15) is 0 Å². The van der Waals surface area contributed by atoms with Gasteiger partial charge in [-0.05, 0) is 41.9 Å². The quantitative estimate of drug-likeness (QED) is 0.600. The van der Waals surface area contributed by atoms with Gasteiger partial charge in [0, 0.05) is 0 Å². The van der Waals surface area contributed by atoms with Crippen LogP contribution in [0.2, 0.25) is 0 Å². The first-order valence-corrected chi connectivity index (χ1v) is 6.06. The molecule has 0 heteroatoms. The molecule has 0 radical (unpaired) electrons. The maximum Gasteiger partial charge on any atom is -0.0320 e. The zero-order valence-electron chi connectivity index (χ0n) is 9.64. The zero-order chi connectivity index (χ0) is 9.64. The Morgan fingerprint density at radius 1 is 1.31 bits per heavy atom. The van der Waals surface area contributed by atoms with E-state index in [1.54, 1.807) is 6.42 Å². The van der Waals surface area contributed by atoms with Crippen molar-refractivity contribution in [2.75, 3.05) is 0 Å². The van der Waals surface area contributed by atoms with Crippen LogP contribution in [0.1, 0.15) is 53.4 Å². The lowest BCUT2D eigenvalue weighted by Gasteiger charge is -2.39. The molecule has 2 aliphatic rings. The standard InChI is InChI=1S/C13H24/c1-5-6-11-9(2)10-7-12(11)13(3,4)8-10/h9-12H,5-8H2,1-4H3. The monoisotopic (exact) mass is 180 g/mol. The zero-order valence-corrected chi connectivity index (χ0v) is 9.64. The first-order valence-electron chi connectivity index (χ1n) is 6.06. The first-order chi connectivity index (χ1) is 6.06. The highest BCUT2D eigenvalue weighted by molar-refractivity contribution is 5.02. The molecule has 2 aliphatic carbocycles. The van der Waals surface area contributed by atoms with E-state index >= 15 is 0 Å². The highest BCUT2D eigenvalue weighted by Crippen LogP contribution is 2.61. The van der Waals surface area contributed by atoms with Crippen molar-refractivity contribution in [3.05, 3.63) is 0 Å². The molecule has 4 unspecified atom stereocenters. The van der Waals surface area contributed by atoms with Crippen LogP contribution in [-0.2, 0) is 0 Å². The van der Waals surface area contributed by atoms with Crippen LogP contribution in [-0.4, -0.2) is 0 Å². The van der Waals surface area contributed by atoms with E-state index in [4.69, 9.17) is 0 Å². The summed E-state index contributed by atoms with van der Waals surface area (Å²) in [6.07, 6.45) is 5.90. The summed E-state index contributed by atoms with van der Waals surface area (Å²) < 4.78 is 0. The Labute approximate surface area is 83.1 Å². The molecule has 0 N–H and O–H groups in total. The molecule has 4 atom stereocenters. The van der Waals surface area contributed by atoms with Crippen LogP contribution in [0.5, 0.6) is 0 Å². The molecule has 0 amide bonds. The molecule has 0 aromatic rings. The second kappa shape index (κ2) is 3.00. The number of rotatable bonds is 2. The van der Waals surface area contributed by atoms with E-state index in [9.17, 15) is 0 Å². The largest absolute Gasteiger partial charge is 0.0654 e. The van der Waals surface area contributed by atoms with E-state index in [0.717, 1.165) is 23.7 Å². The summed E-state index contributed by atoms with van der Waals surface area (Å²) >= 11 is 0. The van der Waals surface area contributed by atoms with Gasteiger partial charge >= 0.3 is 0 Å². The Balaban J connectivity index is 2.13. The summed E-state index contributed by atoms with van der Waals surface area (Å²) in [6.45, 7) is 9.82. The van der Waals surface area contributed by atoms with Gasteiger partial charge < -0.3 is 0 Å². The van der Waals surface area contributed by atoms with E-state index in [1.165, 1.54) is 19.3 Å². The molecule has 2 fully saturated rings. The minimum absolute atomic E-state index is 0.664. The molecule has 0 aromatic heterocycles. The highest BCUT2D eigenvalue weighted by Gasteiger charge is 2.53. The van der Waals surface area contributed by atoms with Crippen molar-refractivity contribution in [1.82, 2.24) is 0 Å². The SMILES string of the molecule is CCCC1C(C)C2CC1C(C)(C)C2. The topological polar surface area (TPSA) is 0 Å². The molecule has 13 heavy (non-hydrogen) atoms. The van der Waals surface area contributed by atoms with Crippen molar-refractivity contribution in [3.63, 3.8) is 0 Å². The van der Waals surface area contributed by atoms with Crippen LogP contribution in [0.15, 0.2) is 0 Å². The fraction of sp³-hybridized carbons (Fsp3) is 1.00. The maximum atomic E-state index is 2.50. The Kier molecular flexibility index (Phi) is 2.20. The molecular weight excluding hydrogens is 156 g/mol. The highest BCUT2D eigenvalue weighted by atomic mass is 14.6. The third-order valence-electron chi connectivity index (χ3n) is 4.91. The summed E-state index contributed by atoms with van der Waals surface area (Å²) in [4.78, 5) is 0. The lowest BCUT2D eigenvalue weighted by molar-refractivity contribution is 0.0992. The minimum Gasteiger partial charge on any atom is -0.0654 e. The van der Waals surface area contributed by atoms with E-state index < -0.39 is 0 Å². The summed E-state index contributed by atoms with van der Waals surface area (Å²) in [7, 11) is 0. The fourth-order valence-corrected chi connectivity index (χ4v) is 4.22. The van der Waals surface area contributed by atoms with E-state index in [0.29, 0.717) is 5.41 Å². The molecule has 2 saturated carbocycles. The van der Waals surface area contributed by atoms with Crippen molar-refractivity contribution in [1.29, 1.82) is 0 Å². The fourth-order valence-electron chi connectivity index (χ4n) is 4.22. The van der Waals surface area contributed by atoms with Gasteiger partial charge in [-0.25, -0.2) is 0 Å². The van der Waals surface area contributed by atoms with Crippen LogP contribution >= 0.6 is 0 Å². The molecule has 0 aliphatic heterocycles. The molecule has 2 rings (SSSR count). The number of fused-ring (bicyclic) bond motifs is 2. The molecule has 0 spiro atoms. The molecule has 0 nitrogen and oxygen atoms in total. The Hall–Kier alpha value is 0. The van der Waals surface area contributed by atoms with E-state index in [-0.39, 0.29) is 0 Å². The van der Waals surface area contributed by atoms with E-state index in [2.05, 4.69) is 27.7 Å². The Morgan fingerprint density at radius 3 is 2.54 bits per heavy atom. The summed E-state index contributed by atoms with van der Waals surface area (Å²) in [5.74, 6) is 4.20. The third kappa shape index (κ3) is 1.33. The Bertz CT molecular complexity index is 192. The second-order valence-electron chi connectivity index (χ2n) is 6.11. The lowest BCUT2D eigenvalue weighted by atomic mass is 9.66. The van der Waals surface area contributed by atoms with Gasteiger partial charge in [0.1, 0.15) is 0 Å². The summed E-state index contributed by atoms with van der Waals surface area (Å²) in [5, 5.41) is 0. The smallest absolute Gasteiger partial charge is 0.0320 e. The van der Waals surface area contributed by atoms with Crippen LogP contribution < -0.4 is 0 Å². The van der Waals surface area contributed by atoms with Crippen molar-refractivity contribution < 1.29 is 0 Å². The van der Waals surface area contributed by atoms with Crippen LogP contribution in [0.3, 0.4) is 0 Å². The normalized spacial score (nSPS) is 47.1. The van der Waals surface area contributed by atoms with Gasteiger partial charge in [0.2, 0.25) is 0 Å². The summed E-state index contributed by atoms with van der Waals surface area (Å²) in [5.41, 5.74) is 0.664. The molecular formula is C13H24. The van der Waals surface area contributed by atoms with Crippen molar-refractivity contribution in [2.24, 2.45) is 29.1 Å². The first kappa shape index (κ1) is 9.55.